The van der Waals surface area contributed by atoms with E-state index in [1.54, 1.807) is 12.1 Å². The molecule has 1 amide bonds. The Bertz CT molecular complexity index is 719. The molecule has 0 fully saturated rings. The van der Waals surface area contributed by atoms with Crippen LogP contribution in [-0.2, 0) is 9.53 Å². The summed E-state index contributed by atoms with van der Waals surface area (Å²) in [7, 11) is 1.24. The summed E-state index contributed by atoms with van der Waals surface area (Å²) in [5.41, 5.74) is 0.927. The van der Waals surface area contributed by atoms with Gasteiger partial charge in [-0.1, -0.05) is 24.3 Å². The van der Waals surface area contributed by atoms with Crippen LogP contribution >= 0.6 is 0 Å². The fourth-order valence-electron chi connectivity index (χ4n) is 1.88. The number of ether oxygens (including phenoxy) is 1. The second kappa shape index (κ2) is 6.53. The van der Waals surface area contributed by atoms with Crippen LogP contribution in [0.25, 0.3) is 10.9 Å². The van der Waals surface area contributed by atoms with E-state index in [0.29, 0.717) is 5.52 Å². The normalized spacial score (nSPS) is 11.4. The van der Waals surface area contributed by atoms with Crippen molar-refractivity contribution in [1.82, 2.24) is 10.3 Å². The molecule has 0 unspecified atom stereocenters. The molecule has 0 bridgehead atoms. The number of nitrogens with zero attached hydrogens (tertiary/aromatic N) is 1. The highest BCUT2D eigenvalue weighted by Gasteiger charge is 2.21. The van der Waals surface area contributed by atoms with Crippen molar-refractivity contribution in [2.75, 3.05) is 7.11 Å². The van der Waals surface area contributed by atoms with Gasteiger partial charge in [0.05, 0.1) is 12.6 Å². The lowest BCUT2D eigenvalue weighted by Crippen LogP contribution is -2.41. The Morgan fingerprint density at radius 3 is 2.81 bits per heavy atom. The van der Waals surface area contributed by atoms with Gasteiger partial charge in [0.15, 0.2) is 0 Å². The van der Waals surface area contributed by atoms with Crippen molar-refractivity contribution in [3.8, 4) is 12.3 Å². The van der Waals surface area contributed by atoms with Crippen molar-refractivity contribution in [2.45, 2.75) is 12.5 Å². The van der Waals surface area contributed by atoms with Gasteiger partial charge < -0.3 is 10.1 Å². The summed E-state index contributed by atoms with van der Waals surface area (Å²) in [6.45, 7) is 0. The van der Waals surface area contributed by atoms with E-state index in [1.165, 1.54) is 7.11 Å². The summed E-state index contributed by atoms with van der Waals surface area (Å²) in [6, 6.07) is 9.97. The third-order valence-electron chi connectivity index (χ3n) is 2.94. The van der Waals surface area contributed by atoms with Gasteiger partial charge >= 0.3 is 5.97 Å². The highest BCUT2D eigenvalue weighted by atomic mass is 16.5. The molecule has 0 saturated heterocycles. The fraction of sp³-hybridized carbons (Fsp3) is 0.188. The van der Waals surface area contributed by atoms with E-state index >= 15 is 0 Å². The first-order valence-corrected chi connectivity index (χ1v) is 6.33. The van der Waals surface area contributed by atoms with E-state index in [1.807, 2.05) is 24.3 Å². The maximum absolute atomic E-state index is 12.1. The van der Waals surface area contributed by atoms with Gasteiger partial charge in [0, 0.05) is 11.8 Å². The Balaban J connectivity index is 2.21. The van der Waals surface area contributed by atoms with Crippen molar-refractivity contribution in [1.29, 1.82) is 0 Å². The average Bonchev–Trinajstić information content (AvgIpc) is 2.53. The van der Waals surface area contributed by atoms with Crippen LogP contribution < -0.4 is 5.32 Å². The van der Waals surface area contributed by atoms with E-state index in [2.05, 4.69) is 21.0 Å². The molecule has 0 aliphatic rings. The monoisotopic (exact) mass is 282 g/mol. The van der Waals surface area contributed by atoms with Gasteiger partial charge in [-0.05, 0) is 12.1 Å². The molecule has 1 aromatic carbocycles. The zero-order chi connectivity index (χ0) is 15.2. The Labute approximate surface area is 122 Å². The Kier molecular flexibility index (Phi) is 4.52. The molecule has 21 heavy (non-hydrogen) atoms. The van der Waals surface area contributed by atoms with Crippen LogP contribution in [0.1, 0.15) is 16.9 Å². The highest BCUT2D eigenvalue weighted by molar-refractivity contribution is 5.97. The predicted octanol–water partition coefficient (Wildman–Crippen LogP) is 1.53. The van der Waals surface area contributed by atoms with Gasteiger partial charge in [0.1, 0.15) is 11.7 Å². The maximum Gasteiger partial charge on any atom is 0.329 e. The van der Waals surface area contributed by atoms with Crippen LogP contribution in [0.2, 0.25) is 0 Å². The van der Waals surface area contributed by atoms with Crippen molar-refractivity contribution in [2.24, 2.45) is 0 Å². The number of amides is 1. The molecule has 0 aliphatic heterocycles. The molecule has 2 rings (SSSR count). The first-order chi connectivity index (χ1) is 10.2. The minimum absolute atomic E-state index is 0.0615. The third-order valence-corrected chi connectivity index (χ3v) is 2.94. The van der Waals surface area contributed by atoms with E-state index in [9.17, 15) is 9.59 Å². The Morgan fingerprint density at radius 2 is 2.10 bits per heavy atom. The van der Waals surface area contributed by atoms with E-state index < -0.39 is 17.9 Å². The number of esters is 1. The second-order valence-corrected chi connectivity index (χ2v) is 4.35. The molecule has 5 heteroatoms. The number of nitrogens with one attached hydrogen (secondary N) is 1. The number of carbonyl (C=O) groups excluding carboxylic acids is 2. The number of terminal acetylenes is 1. The summed E-state index contributed by atoms with van der Waals surface area (Å²) in [5, 5.41) is 3.46. The minimum Gasteiger partial charge on any atom is -0.467 e. The first-order valence-electron chi connectivity index (χ1n) is 6.33. The number of benzene rings is 1. The number of para-hydroxylation sites is 1. The number of fused-ring (bicyclic) bond motifs is 1. The molecule has 106 valence electrons. The standard InChI is InChI=1S/C16H14N2O3/c1-3-6-14(16(20)21-2)18-15(19)13-10-9-11-7-4-5-8-12(11)17-13/h1,4-5,7-10,14H,6H2,2H3,(H,18,19)/t14-/m0/s1. The number of hydrogen-bond acceptors (Lipinski definition) is 4. The zero-order valence-corrected chi connectivity index (χ0v) is 11.5. The molecule has 0 radical (unpaired) electrons. The lowest BCUT2D eigenvalue weighted by molar-refractivity contribution is -0.142. The van der Waals surface area contributed by atoms with Crippen molar-refractivity contribution >= 4 is 22.8 Å². The lowest BCUT2D eigenvalue weighted by Gasteiger charge is -2.13. The predicted molar refractivity (Wildman–Crippen MR) is 78.5 cm³/mol. The Morgan fingerprint density at radius 1 is 1.33 bits per heavy atom. The molecule has 2 aromatic rings. The molecule has 1 aromatic heterocycles. The van der Waals surface area contributed by atoms with Crippen molar-refractivity contribution in [3.05, 3.63) is 42.1 Å². The Hall–Kier alpha value is -2.87. The summed E-state index contributed by atoms with van der Waals surface area (Å²) in [5.74, 6) is 1.29. The van der Waals surface area contributed by atoms with E-state index in [4.69, 9.17) is 6.42 Å². The average molecular weight is 282 g/mol. The number of pyridine rings is 1. The van der Waals surface area contributed by atoms with Gasteiger partial charge in [0.25, 0.3) is 5.91 Å². The quantitative estimate of drug-likeness (QED) is 0.682. The lowest BCUT2D eigenvalue weighted by atomic mass is 10.2. The molecule has 1 N–H and O–H groups in total. The van der Waals surface area contributed by atoms with Gasteiger partial charge in [-0.25, -0.2) is 9.78 Å². The number of aromatic nitrogens is 1. The molecule has 0 spiro atoms. The summed E-state index contributed by atoms with van der Waals surface area (Å²) in [4.78, 5) is 27.9. The van der Waals surface area contributed by atoms with Gasteiger partial charge in [0.2, 0.25) is 0 Å². The van der Waals surface area contributed by atoms with Gasteiger partial charge in [-0.2, -0.15) is 0 Å². The highest BCUT2D eigenvalue weighted by Crippen LogP contribution is 2.12. The molecule has 0 aliphatic carbocycles. The van der Waals surface area contributed by atoms with Crippen LogP contribution in [0.15, 0.2) is 36.4 Å². The van der Waals surface area contributed by atoms with E-state index in [0.717, 1.165) is 5.39 Å². The SMILES string of the molecule is C#CC[C@H](NC(=O)c1ccc2ccccc2n1)C(=O)OC. The number of methoxy groups -OCH3 is 1. The van der Waals surface area contributed by atoms with Crippen LogP contribution in [0.4, 0.5) is 0 Å². The molecule has 1 atom stereocenters. The summed E-state index contributed by atoms with van der Waals surface area (Å²) >= 11 is 0. The molecule has 1 heterocycles. The molecule has 0 saturated carbocycles. The van der Waals surface area contributed by atoms with E-state index in [-0.39, 0.29) is 12.1 Å². The van der Waals surface area contributed by atoms with Crippen LogP contribution in [0.5, 0.6) is 0 Å². The number of carbonyl (C=O) groups is 2. The van der Waals surface area contributed by atoms with Crippen LogP contribution in [0.3, 0.4) is 0 Å². The maximum atomic E-state index is 12.1. The number of rotatable bonds is 4. The largest absolute Gasteiger partial charge is 0.467 e. The van der Waals surface area contributed by atoms with Crippen LogP contribution in [0, 0.1) is 12.3 Å². The first kappa shape index (κ1) is 14.5. The number of hydrogen-bond donors (Lipinski definition) is 1. The molecular formula is C16H14N2O3. The molecular weight excluding hydrogens is 268 g/mol. The zero-order valence-electron chi connectivity index (χ0n) is 11.5. The third kappa shape index (κ3) is 3.37. The smallest absolute Gasteiger partial charge is 0.329 e. The minimum atomic E-state index is -0.874. The topological polar surface area (TPSA) is 68.3 Å². The van der Waals surface area contributed by atoms with Crippen LogP contribution in [-0.4, -0.2) is 30.0 Å². The van der Waals surface area contributed by atoms with Crippen molar-refractivity contribution < 1.29 is 14.3 Å². The molecule has 5 nitrogen and oxygen atoms in total. The summed E-state index contributed by atoms with van der Waals surface area (Å²) in [6.07, 6.45) is 5.25. The fourth-order valence-corrected chi connectivity index (χ4v) is 1.88. The second-order valence-electron chi connectivity index (χ2n) is 4.35. The van der Waals surface area contributed by atoms with Crippen molar-refractivity contribution in [3.63, 3.8) is 0 Å². The summed E-state index contributed by atoms with van der Waals surface area (Å²) < 4.78 is 4.60. The van der Waals surface area contributed by atoms with Gasteiger partial charge in [-0.3, -0.25) is 4.79 Å². The van der Waals surface area contributed by atoms with Gasteiger partial charge in [-0.15, -0.1) is 12.3 Å².